The molecular formula is C23H18ClN3OS. The van der Waals surface area contributed by atoms with Gasteiger partial charge < -0.3 is 4.74 Å². The van der Waals surface area contributed by atoms with Crippen molar-refractivity contribution in [3.05, 3.63) is 99.6 Å². The van der Waals surface area contributed by atoms with Crippen LogP contribution in [0.1, 0.15) is 5.56 Å². The Morgan fingerprint density at radius 1 is 0.931 bits per heavy atom. The quantitative estimate of drug-likeness (QED) is 0.297. The van der Waals surface area contributed by atoms with Gasteiger partial charge in [-0.15, -0.1) is 16.4 Å². The fourth-order valence-corrected chi connectivity index (χ4v) is 3.85. The number of hydrogen-bond acceptors (Lipinski definition) is 4. The van der Waals surface area contributed by atoms with Gasteiger partial charge in [-0.05, 0) is 59.7 Å². The normalized spacial score (nSPS) is 11.9. The Kier molecular flexibility index (Phi) is 5.89. The fraction of sp³-hybridized carbons (Fsp3) is 0.0435. The van der Waals surface area contributed by atoms with E-state index in [1.165, 1.54) is 0 Å². The molecule has 0 fully saturated rings. The van der Waals surface area contributed by atoms with Crippen LogP contribution >= 0.6 is 22.9 Å². The van der Waals surface area contributed by atoms with Crippen LogP contribution < -0.4 is 9.54 Å². The third-order valence-corrected chi connectivity index (χ3v) is 5.40. The number of nitrogens with zero attached hydrogens (tertiary/aromatic N) is 3. The van der Waals surface area contributed by atoms with Gasteiger partial charge in [0.1, 0.15) is 5.75 Å². The molecule has 4 nitrogen and oxygen atoms in total. The van der Waals surface area contributed by atoms with Crippen molar-refractivity contribution in [2.24, 2.45) is 10.2 Å². The molecule has 0 aliphatic heterocycles. The van der Waals surface area contributed by atoms with E-state index in [9.17, 15) is 0 Å². The van der Waals surface area contributed by atoms with Gasteiger partial charge in [-0.1, -0.05) is 41.9 Å². The van der Waals surface area contributed by atoms with Gasteiger partial charge in [-0.2, -0.15) is 5.10 Å². The average Bonchev–Trinajstić information content (AvgIpc) is 3.19. The van der Waals surface area contributed by atoms with Crippen molar-refractivity contribution in [1.29, 1.82) is 0 Å². The van der Waals surface area contributed by atoms with Crippen molar-refractivity contribution in [3.63, 3.8) is 0 Å². The molecule has 0 aliphatic rings. The van der Waals surface area contributed by atoms with Gasteiger partial charge in [0.05, 0.1) is 19.0 Å². The molecule has 0 aliphatic carbocycles. The Bertz CT molecular complexity index is 1180. The minimum Gasteiger partial charge on any atom is -0.497 e. The van der Waals surface area contributed by atoms with Crippen molar-refractivity contribution < 1.29 is 4.74 Å². The average molecular weight is 420 g/mol. The Labute approximate surface area is 178 Å². The lowest BCUT2D eigenvalue weighted by Gasteiger charge is -2.09. The lowest BCUT2D eigenvalue weighted by molar-refractivity contribution is 0.415. The highest BCUT2D eigenvalue weighted by molar-refractivity contribution is 7.07. The molecule has 144 valence electrons. The van der Waals surface area contributed by atoms with Gasteiger partial charge in [0.15, 0.2) is 0 Å². The molecule has 29 heavy (non-hydrogen) atoms. The van der Waals surface area contributed by atoms with Crippen molar-refractivity contribution in [2.75, 3.05) is 7.11 Å². The van der Waals surface area contributed by atoms with E-state index in [1.54, 1.807) is 24.7 Å². The number of aromatic nitrogens is 1. The van der Waals surface area contributed by atoms with Crippen LogP contribution in [0, 0.1) is 0 Å². The van der Waals surface area contributed by atoms with Gasteiger partial charge in [0.2, 0.25) is 4.80 Å². The zero-order valence-corrected chi connectivity index (χ0v) is 17.3. The predicted molar refractivity (Wildman–Crippen MR) is 120 cm³/mol. The smallest absolute Gasteiger partial charge is 0.215 e. The summed E-state index contributed by atoms with van der Waals surface area (Å²) in [6.07, 6.45) is 1.72. The maximum Gasteiger partial charge on any atom is 0.215 e. The molecule has 0 amide bonds. The van der Waals surface area contributed by atoms with Crippen LogP contribution in [0.5, 0.6) is 5.75 Å². The molecule has 0 spiro atoms. The second kappa shape index (κ2) is 8.90. The van der Waals surface area contributed by atoms with Crippen LogP contribution in [-0.4, -0.2) is 17.9 Å². The first-order chi connectivity index (χ1) is 14.2. The minimum absolute atomic E-state index is 0.698. The number of ether oxygens (including phenoxy) is 1. The van der Waals surface area contributed by atoms with Gasteiger partial charge in [0.25, 0.3) is 0 Å². The third kappa shape index (κ3) is 4.47. The third-order valence-electron chi connectivity index (χ3n) is 4.33. The number of para-hydroxylation sites is 1. The lowest BCUT2D eigenvalue weighted by atomic mass is 10.1. The molecule has 0 atom stereocenters. The molecule has 0 unspecified atom stereocenters. The molecule has 1 aromatic heterocycles. The van der Waals surface area contributed by atoms with E-state index in [4.69, 9.17) is 16.3 Å². The van der Waals surface area contributed by atoms with E-state index < -0.39 is 0 Å². The van der Waals surface area contributed by atoms with Gasteiger partial charge >= 0.3 is 0 Å². The summed E-state index contributed by atoms with van der Waals surface area (Å²) in [5.74, 6) is 0.827. The standard InChI is InChI=1S/C23H18ClN3OS/c1-28-21-13-9-18(10-14-21)22-16-29-23(27(22)20-5-3-2-4-6-20)26-25-15-17-7-11-19(24)12-8-17/h2-16H,1H3/b25-15+,26-23+. The first kappa shape index (κ1) is 19.2. The lowest BCUT2D eigenvalue weighted by Crippen LogP contribution is -2.13. The monoisotopic (exact) mass is 419 g/mol. The molecule has 1 heterocycles. The van der Waals surface area contributed by atoms with Crippen LogP contribution in [0.3, 0.4) is 0 Å². The van der Waals surface area contributed by atoms with Gasteiger partial charge in [-0.3, -0.25) is 4.57 Å². The number of thiazole rings is 1. The summed E-state index contributed by atoms with van der Waals surface area (Å²) in [6, 6.07) is 25.6. The number of rotatable bonds is 5. The van der Waals surface area contributed by atoms with Crippen molar-refractivity contribution >= 4 is 29.2 Å². The van der Waals surface area contributed by atoms with E-state index in [0.717, 1.165) is 33.1 Å². The topological polar surface area (TPSA) is 38.9 Å². The Balaban J connectivity index is 1.77. The van der Waals surface area contributed by atoms with E-state index in [2.05, 4.69) is 32.3 Å². The zero-order chi connectivity index (χ0) is 20.1. The molecule has 0 bridgehead atoms. The first-order valence-electron chi connectivity index (χ1n) is 8.97. The SMILES string of the molecule is COc1ccc(-c2cs/c(=N/N=C/c3ccc(Cl)cc3)n2-c2ccccc2)cc1. The summed E-state index contributed by atoms with van der Waals surface area (Å²) in [6.45, 7) is 0. The van der Waals surface area contributed by atoms with E-state index in [0.29, 0.717) is 5.02 Å². The number of hydrogen-bond donors (Lipinski definition) is 0. The number of methoxy groups -OCH3 is 1. The molecule has 3 aromatic carbocycles. The Morgan fingerprint density at radius 3 is 2.34 bits per heavy atom. The summed E-state index contributed by atoms with van der Waals surface area (Å²) in [5.41, 5.74) is 4.09. The van der Waals surface area contributed by atoms with Crippen LogP contribution in [0.4, 0.5) is 0 Å². The van der Waals surface area contributed by atoms with Gasteiger partial charge in [0, 0.05) is 16.1 Å². The van der Waals surface area contributed by atoms with Crippen LogP contribution in [-0.2, 0) is 0 Å². The molecule has 4 aromatic rings. The first-order valence-corrected chi connectivity index (χ1v) is 10.2. The maximum atomic E-state index is 5.93. The van der Waals surface area contributed by atoms with Crippen LogP contribution in [0.2, 0.25) is 5.02 Å². The summed E-state index contributed by atoms with van der Waals surface area (Å²) >= 11 is 7.48. The fourth-order valence-electron chi connectivity index (χ4n) is 2.86. The Morgan fingerprint density at radius 2 is 1.66 bits per heavy atom. The summed E-state index contributed by atoms with van der Waals surface area (Å²) < 4.78 is 7.38. The maximum absolute atomic E-state index is 5.93. The van der Waals surface area contributed by atoms with Gasteiger partial charge in [-0.25, -0.2) is 0 Å². The highest BCUT2D eigenvalue weighted by Gasteiger charge is 2.10. The molecule has 0 saturated carbocycles. The van der Waals surface area contributed by atoms with Crippen molar-refractivity contribution in [2.45, 2.75) is 0 Å². The number of benzene rings is 3. The molecular weight excluding hydrogens is 402 g/mol. The molecule has 6 heteroatoms. The van der Waals surface area contributed by atoms with E-state index >= 15 is 0 Å². The molecule has 4 rings (SSSR count). The molecule has 0 N–H and O–H groups in total. The number of halogens is 1. The summed E-state index contributed by atoms with van der Waals surface area (Å²) in [5, 5.41) is 11.5. The predicted octanol–water partition coefficient (Wildman–Crippen LogP) is 5.80. The largest absolute Gasteiger partial charge is 0.497 e. The van der Waals surface area contributed by atoms with E-state index in [1.807, 2.05) is 66.7 Å². The highest BCUT2D eigenvalue weighted by Crippen LogP contribution is 2.25. The minimum atomic E-state index is 0.698. The summed E-state index contributed by atoms with van der Waals surface area (Å²) in [4.78, 5) is 0.784. The van der Waals surface area contributed by atoms with E-state index in [-0.39, 0.29) is 0 Å². The van der Waals surface area contributed by atoms with Crippen LogP contribution in [0.15, 0.2) is 94.4 Å². The molecule has 0 saturated heterocycles. The highest BCUT2D eigenvalue weighted by atomic mass is 35.5. The second-order valence-corrected chi connectivity index (χ2v) is 7.47. The van der Waals surface area contributed by atoms with Crippen LogP contribution in [0.25, 0.3) is 16.9 Å². The van der Waals surface area contributed by atoms with Crippen molar-refractivity contribution in [1.82, 2.24) is 4.57 Å². The van der Waals surface area contributed by atoms with Crippen molar-refractivity contribution in [3.8, 4) is 22.7 Å². The second-order valence-electron chi connectivity index (χ2n) is 6.20. The zero-order valence-electron chi connectivity index (χ0n) is 15.7. The summed E-state index contributed by atoms with van der Waals surface area (Å²) in [7, 11) is 1.67. The molecule has 0 radical (unpaired) electrons. The Hall–Kier alpha value is -3.15.